The van der Waals surface area contributed by atoms with Gasteiger partial charge in [0, 0.05) is 12.4 Å². The van der Waals surface area contributed by atoms with Crippen LogP contribution in [0.4, 0.5) is 4.39 Å². The molecule has 0 aliphatic heterocycles. The number of halogens is 2. The molecule has 0 aliphatic rings. The van der Waals surface area contributed by atoms with Gasteiger partial charge in [-0.2, -0.15) is 0 Å². The van der Waals surface area contributed by atoms with Crippen LogP contribution in [0, 0.1) is 19.7 Å². The zero-order valence-electron chi connectivity index (χ0n) is 15.6. The molecule has 3 aromatic rings. The number of esters is 1. The highest BCUT2D eigenvalue weighted by atomic mass is 35.5. The average molecular weight is 442 g/mol. The van der Waals surface area contributed by atoms with Gasteiger partial charge in [-0.3, -0.25) is 8.54 Å². The van der Waals surface area contributed by atoms with Gasteiger partial charge in [-0.1, -0.05) is 41.6 Å². The van der Waals surface area contributed by atoms with Crippen LogP contribution in [0.5, 0.6) is 0 Å². The van der Waals surface area contributed by atoms with Crippen LogP contribution in [0.3, 0.4) is 0 Å². The fourth-order valence-electron chi connectivity index (χ4n) is 3.29. The first-order chi connectivity index (χ1) is 13.2. The predicted octanol–water partition coefficient (Wildman–Crippen LogP) is 4.41. The molecule has 1 unspecified atom stereocenters. The molecule has 0 N–H and O–H groups in total. The van der Waals surface area contributed by atoms with Crippen LogP contribution < -0.4 is 10.6 Å². The number of fused-ring (bicyclic) bond motifs is 1. The van der Waals surface area contributed by atoms with Gasteiger partial charge in [-0.25, -0.2) is 9.18 Å². The van der Waals surface area contributed by atoms with E-state index in [0.717, 1.165) is 15.1 Å². The van der Waals surface area contributed by atoms with E-state index < -0.39 is 19.2 Å². The van der Waals surface area contributed by atoms with Crippen molar-refractivity contribution >= 4 is 59.3 Å². The van der Waals surface area contributed by atoms with Crippen LogP contribution in [0.25, 0.3) is 10.9 Å². The SMILES string of the molecule is COC(=O)c1c(P(=O)(OC)c2cc(C)cc(C)c2)c2c(F)c(Cl)ccc2n1S. The second-order valence-electron chi connectivity index (χ2n) is 6.34. The summed E-state index contributed by atoms with van der Waals surface area (Å²) in [5.41, 5.74) is 1.74. The van der Waals surface area contributed by atoms with Gasteiger partial charge in [0.2, 0.25) is 0 Å². The van der Waals surface area contributed by atoms with Gasteiger partial charge >= 0.3 is 5.97 Å². The molecule has 0 bridgehead atoms. The maximum atomic E-state index is 15.1. The monoisotopic (exact) mass is 441 g/mol. The summed E-state index contributed by atoms with van der Waals surface area (Å²) in [4.78, 5) is 12.5. The van der Waals surface area contributed by atoms with Gasteiger partial charge < -0.3 is 9.26 Å². The number of methoxy groups -OCH3 is 1. The maximum Gasteiger partial charge on any atom is 0.356 e. The molecule has 1 atom stereocenters. The summed E-state index contributed by atoms with van der Waals surface area (Å²) in [6.45, 7) is 3.69. The van der Waals surface area contributed by atoms with Crippen LogP contribution in [0.1, 0.15) is 21.6 Å². The largest absolute Gasteiger partial charge is 0.464 e. The summed E-state index contributed by atoms with van der Waals surface area (Å²) < 4.78 is 40.6. The van der Waals surface area contributed by atoms with Gasteiger partial charge in [0.05, 0.1) is 28.3 Å². The minimum absolute atomic E-state index is 0.0905. The lowest BCUT2D eigenvalue weighted by Crippen LogP contribution is -2.24. The number of thiol groups is 1. The van der Waals surface area contributed by atoms with Gasteiger partial charge in [-0.15, -0.1) is 0 Å². The van der Waals surface area contributed by atoms with Crippen molar-refractivity contribution in [2.45, 2.75) is 13.8 Å². The van der Waals surface area contributed by atoms with Crippen LogP contribution >= 0.6 is 31.8 Å². The number of benzene rings is 2. The number of aryl methyl sites for hydroxylation is 2. The van der Waals surface area contributed by atoms with Crippen LogP contribution in [-0.2, 0) is 13.8 Å². The number of hydrogen-bond acceptors (Lipinski definition) is 5. The highest BCUT2D eigenvalue weighted by molar-refractivity contribution is 7.79. The highest BCUT2D eigenvalue weighted by Crippen LogP contribution is 2.49. The van der Waals surface area contributed by atoms with Gasteiger partial charge in [0.25, 0.3) is 7.37 Å². The standard InChI is InChI=1S/C19H18ClFNO4PS/c1-10-7-11(2)9-12(8-10)27(24,26-4)18-15-14(6-5-13(20)16(15)21)22(28)17(18)19(23)25-3/h5-9,28H,1-4H3. The van der Waals surface area contributed by atoms with Crippen molar-refractivity contribution in [2.24, 2.45) is 0 Å². The molecule has 0 radical (unpaired) electrons. The van der Waals surface area contributed by atoms with Crippen molar-refractivity contribution in [2.75, 3.05) is 14.2 Å². The van der Waals surface area contributed by atoms with Gasteiger partial charge in [-0.05, 0) is 38.1 Å². The zero-order valence-corrected chi connectivity index (χ0v) is 18.2. The first-order valence-electron chi connectivity index (χ1n) is 8.21. The summed E-state index contributed by atoms with van der Waals surface area (Å²) in [7, 11) is -1.47. The molecule has 0 aliphatic carbocycles. The lowest BCUT2D eigenvalue weighted by molar-refractivity contribution is 0.0595. The normalized spacial score (nSPS) is 13.5. The first-order valence-corrected chi connectivity index (χ1v) is 10.6. The Morgan fingerprint density at radius 1 is 1.18 bits per heavy atom. The second kappa shape index (κ2) is 7.56. The molecule has 0 saturated heterocycles. The summed E-state index contributed by atoms with van der Waals surface area (Å²) in [6, 6.07) is 8.10. The van der Waals surface area contributed by atoms with Crippen LogP contribution in [0.15, 0.2) is 30.3 Å². The molecular weight excluding hydrogens is 424 g/mol. The summed E-state index contributed by atoms with van der Waals surface area (Å²) >= 11 is 10.3. The van der Waals surface area contributed by atoms with Crippen LogP contribution in [-0.4, -0.2) is 24.2 Å². The Morgan fingerprint density at radius 2 is 1.79 bits per heavy atom. The fourth-order valence-corrected chi connectivity index (χ4v) is 6.25. The molecule has 3 rings (SSSR count). The van der Waals surface area contributed by atoms with Crippen molar-refractivity contribution in [1.29, 1.82) is 0 Å². The predicted molar refractivity (Wildman–Crippen MR) is 112 cm³/mol. The second-order valence-corrected chi connectivity index (χ2v) is 9.58. The van der Waals surface area contributed by atoms with Crippen molar-refractivity contribution in [1.82, 2.24) is 3.97 Å². The molecule has 9 heteroatoms. The lowest BCUT2D eigenvalue weighted by Gasteiger charge is -2.19. The van der Waals surface area contributed by atoms with E-state index in [4.69, 9.17) is 20.9 Å². The zero-order chi connectivity index (χ0) is 20.8. The molecule has 0 fully saturated rings. The van der Waals surface area contributed by atoms with E-state index in [1.807, 2.05) is 19.9 Å². The minimum atomic E-state index is -3.90. The Bertz CT molecular complexity index is 1140. The molecule has 148 valence electrons. The Labute approximate surface area is 172 Å². The Hall–Kier alpha value is -1.79. The Balaban J connectivity index is 2.54. The molecule has 2 aromatic carbocycles. The number of carbonyl (C=O) groups is 1. The molecule has 1 heterocycles. The van der Waals surface area contributed by atoms with E-state index in [-0.39, 0.29) is 26.9 Å². The molecular formula is C19H18ClFNO4PS. The number of carbonyl (C=O) groups excluding carboxylic acids is 1. The van der Waals surface area contributed by atoms with Crippen molar-refractivity contribution in [3.05, 3.63) is 58.0 Å². The Kier molecular flexibility index (Phi) is 5.65. The van der Waals surface area contributed by atoms with Crippen molar-refractivity contribution < 1.29 is 23.0 Å². The van der Waals surface area contributed by atoms with Crippen molar-refractivity contribution in [3.63, 3.8) is 0 Å². The number of aromatic nitrogens is 1. The molecule has 1 aromatic heterocycles. The molecule has 0 spiro atoms. The maximum absolute atomic E-state index is 15.1. The number of hydrogen-bond donors (Lipinski definition) is 1. The minimum Gasteiger partial charge on any atom is -0.464 e. The topological polar surface area (TPSA) is 57.5 Å². The fraction of sp³-hybridized carbons (Fsp3) is 0.211. The van der Waals surface area contributed by atoms with E-state index in [0.29, 0.717) is 5.30 Å². The van der Waals surface area contributed by atoms with E-state index in [2.05, 4.69) is 12.8 Å². The third-order valence-electron chi connectivity index (χ3n) is 4.45. The summed E-state index contributed by atoms with van der Waals surface area (Å²) in [6.07, 6.45) is 0. The summed E-state index contributed by atoms with van der Waals surface area (Å²) in [5.74, 6) is -1.63. The van der Waals surface area contributed by atoms with Gasteiger partial charge in [0.1, 0.15) is 0 Å². The Morgan fingerprint density at radius 3 is 2.32 bits per heavy atom. The van der Waals surface area contributed by atoms with E-state index in [1.54, 1.807) is 12.1 Å². The van der Waals surface area contributed by atoms with Gasteiger partial charge in [0.15, 0.2) is 11.5 Å². The number of nitrogens with zero attached hydrogens (tertiary/aromatic N) is 1. The quantitative estimate of drug-likeness (QED) is 0.370. The molecule has 28 heavy (non-hydrogen) atoms. The number of rotatable bonds is 4. The molecule has 5 nitrogen and oxygen atoms in total. The highest BCUT2D eigenvalue weighted by Gasteiger charge is 2.39. The smallest absolute Gasteiger partial charge is 0.356 e. The van der Waals surface area contributed by atoms with Crippen molar-refractivity contribution in [3.8, 4) is 0 Å². The molecule has 0 amide bonds. The lowest BCUT2D eigenvalue weighted by atomic mass is 10.2. The number of ether oxygens (including phenoxy) is 1. The third-order valence-corrected chi connectivity index (χ3v) is 7.63. The third kappa shape index (κ3) is 3.16. The molecule has 0 saturated carbocycles. The first kappa shape index (κ1) is 20.9. The van der Waals surface area contributed by atoms with E-state index in [9.17, 15) is 9.36 Å². The summed E-state index contributed by atoms with van der Waals surface area (Å²) in [5, 5.41) is -0.0610. The average Bonchev–Trinajstić information content (AvgIpc) is 2.96. The van der Waals surface area contributed by atoms with Crippen LogP contribution in [0.2, 0.25) is 5.02 Å². The van der Waals surface area contributed by atoms with E-state index in [1.165, 1.54) is 26.4 Å². The van der Waals surface area contributed by atoms with E-state index >= 15 is 4.39 Å².